The van der Waals surface area contributed by atoms with Crippen molar-refractivity contribution >= 4 is 21.8 Å². The number of benzene rings is 1. The third-order valence-electron chi connectivity index (χ3n) is 5.29. The molecule has 0 aliphatic carbocycles. The summed E-state index contributed by atoms with van der Waals surface area (Å²) in [5.41, 5.74) is 2.63. The summed E-state index contributed by atoms with van der Waals surface area (Å²) < 4.78 is 8.98. The Morgan fingerprint density at radius 3 is 2.67 bits per heavy atom. The van der Waals surface area contributed by atoms with Crippen molar-refractivity contribution < 1.29 is 9.53 Å². The van der Waals surface area contributed by atoms with Crippen LogP contribution in [0.25, 0.3) is 0 Å². The van der Waals surface area contributed by atoms with Crippen molar-refractivity contribution in [2.45, 2.75) is 32.6 Å². The summed E-state index contributed by atoms with van der Waals surface area (Å²) in [5, 5.41) is 4.60. The van der Waals surface area contributed by atoms with Crippen molar-refractivity contribution in [1.82, 2.24) is 19.6 Å². The smallest absolute Gasteiger partial charge is 0.274 e. The van der Waals surface area contributed by atoms with Gasteiger partial charge in [0.05, 0.1) is 18.8 Å². The van der Waals surface area contributed by atoms with E-state index in [2.05, 4.69) is 45.0 Å². The van der Waals surface area contributed by atoms with E-state index in [1.165, 1.54) is 0 Å². The van der Waals surface area contributed by atoms with Crippen LogP contribution in [0.5, 0.6) is 0 Å². The zero-order chi connectivity index (χ0) is 18.8. The van der Waals surface area contributed by atoms with Crippen LogP contribution in [0.15, 0.2) is 34.8 Å². The number of carbonyl (C=O) groups is 1. The minimum absolute atomic E-state index is 0.0354. The maximum absolute atomic E-state index is 12.9. The number of halogens is 1. The standard InChI is InChI=1S/C20H25BrN4O2/c1-2-7-23-8-10-24(11-9-23)20(26)18-12-17-14-27-19(13-25(17)22-18)15-3-5-16(21)6-4-15/h3-6,12,19H,2,7-11,13-14H2,1H3/t19-/m0/s1. The maximum atomic E-state index is 12.9. The third kappa shape index (κ3) is 4.10. The molecule has 1 saturated heterocycles. The summed E-state index contributed by atoms with van der Waals surface area (Å²) in [7, 11) is 0. The lowest BCUT2D eigenvalue weighted by Gasteiger charge is -2.34. The van der Waals surface area contributed by atoms with Gasteiger partial charge in [0.25, 0.3) is 5.91 Å². The van der Waals surface area contributed by atoms with Crippen molar-refractivity contribution in [3.63, 3.8) is 0 Å². The fourth-order valence-electron chi connectivity index (χ4n) is 3.76. The Labute approximate surface area is 168 Å². The van der Waals surface area contributed by atoms with Gasteiger partial charge in [-0.05, 0) is 36.7 Å². The van der Waals surface area contributed by atoms with Crippen LogP contribution in [-0.4, -0.2) is 58.2 Å². The lowest BCUT2D eigenvalue weighted by molar-refractivity contribution is -0.00123. The molecule has 0 saturated carbocycles. The zero-order valence-corrected chi connectivity index (χ0v) is 17.2. The molecule has 0 radical (unpaired) electrons. The Kier molecular flexibility index (Phi) is 5.61. The van der Waals surface area contributed by atoms with Crippen LogP contribution in [0, 0.1) is 0 Å². The van der Waals surface area contributed by atoms with E-state index in [0.29, 0.717) is 18.8 Å². The number of piperazine rings is 1. The van der Waals surface area contributed by atoms with E-state index in [4.69, 9.17) is 4.74 Å². The number of hydrogen-bond donors (Lipinski definition) is 0. The summed E-state index contributed by atoms with van der Waals surface area (Å²) in [5.74, 6) is 0.0354. The lowest BCUT2D eigenvalue weighted by atomic mass is 10.1. The van der Waals surface area contributed by atoms with E-state index in [-0.39, 0.29) is 12.0 Å². The Bertz CT molecular complexity index is 797. The molecule has 1 aromatic carbocycles. The molecule has 1 amide bonds. The molecule has 7 heteroatoms. The average molecular weight is 433 g/mol. The van der Waals surface area contributed by atoms with Crippen LogP contribution in [0.4, 0.5) is 0 Å². The van der Waals surface area contributed by atoms with E-state index in [1.54, 1.807) is 0 Å². The van der Waals surface area contributed by atoms with Gasteiger partial charge in [0, 0.05) is 30.7 Å². The molecule has 1 aromatic heterocycles. The van der Waals surface area contributed by atoms with E-state index in [1.807, 2.05) is 27.8 Å². The van der Waals surface area contributed by atoms with Gasteiger partial charge >= 0.3 is 0 Å². The van der Waals surface area contributed by atoms with Gasteiger partial charge in [-0.15, -0.1) is 0 Å². The zero-order valence-electron chi connectivity index (χ0n) is 15.6. The van der Waals surface area contributed by atoms with Crippen LogP contribution in [0.3, 0.4) is 0 Å². The molecule has 0 spiro atoms. The quantitative estimate of drug-likeness (QED) is 0.744. The highest BCUT2D eigenvalue weighted by atomic mass is 79.9. The van der Waals surface area contributed by atoms with Gasteiger partial charge in [-0.3, -0.25) is 14.4 Å². The Morgan fingerprint density at radius 1 is 1.22 bits per heavy atom. The molecule has 3 heterocycles. The minimum atomic E-state index is -0.0361. The monoisotopic (exact) mass is 432 g/mol. The van der Waals surface area contributed by atoms with Crippen molar-refractivity contribution in [2.24, 2.45) is 0 Å². The Morgan fingerprint density at radius 2 is 1.96 bits per heavy atom. The Balaban J connectivity index is 1.42. The van der Waals surface area contributed by atoms with E-state index < -0.39 is 0 Å². The summed E-state index contributed by atoms with van der Waals surface area (Å²) in [6, 6.07) is 10.0. The first kappa shape index (κ1) is 18.7. The normalized spacial score (nSPS) is 20.5. The predicted molar refractivity (Wildman–Crippen MR) is 107 cm³/mol. The number of carbonyl (C=O) groups excluding carboxylic acids is 1. The number of nitrogens with zero attached hydrogens (tertiary/aromatic N) is 4. The molecule has 2 aromatic rings. The Hall–Kier alpha value is -1.70. The van der Waals surface area contributed by atoms with Crippen molar-refractivity contribution in [3.05, 3.63) is 51.8 Å². The van der Waals surface area contributed by atoms with Crippen molar-refractivity contribution in [2.75, 3.05) is 32.7 Å². The largest absolute Gasteiger partial charge is 0.365 e. The minimum Gasteiger partial charge on any atom is -0.365 e. The van der Waals surface area contributed by atoms with Gasteiger partial charge in [-0.2, -0.15) is 5.10 Å². The second-order valence-corrected chi connectivity index (χ2v) is 8.10. The van der Waals surface area contributed by atoms with Crippen molar-refractivity contribution in [1.29, 1.82) is 0 Å². The summed E-state index contributed by atoms with van der Waals surface area (Å²) >= 11 is 3.46. The average Bonchev–Trinajstić information content (AvgIpc) is 3.12. The molecule has 144 valence electrons. The molecule has 2 aliphatic rings. The number of hydrogen-bond acceptors (Lipinski definition) is 4. The van der Waals surface area contributed by atoms with Gasteiger partial charge in [0.15, 0.2) is 5.69 Å². The van der Waals surface area contributed by atoms with Crippen LogP contribution < -0.4 is 0 Å². The van der Waals surface area contributed by atoms with Gasteiger partial charge in [-0.25, -0.2) is 0 Å². The molecular weight excluding hydrogens is 408 g/mol. The fourth-order valence-corrected chi connectivity index (χ4v) is 4.03. The first-order valence-electron chi connectivity index (χ1n) is 9.59. The highest BCUT2D eigenvalue weighted by Gasteiger charge is 2.27. The maximum Gasteiger partial charge on any atom is 0.274 e. The summed E-state index contributed by atoms with van der Waals surface area (Å²) in [6.45, 7) is 7.86. The summed E-state index contributed by atoms with van der Waals surface area (Å²) in [4.78, 5) is 17.2. The van der Waals surface area contributed by atoms with Crippen LogP contribution >= 0.6 is 15.9 Å². The molecule has 4 rings (SSSR count). The van der Waals surface area contributed by atoms with E-state index in [0.717, 1.165) is 54.9 Å². The highest BCUT2D eigenvalue weighted by molar-refractivity contribution is 9.10. The van der Waals surface area contributed by atoms with Gasteiger partial charge in [0.2, 0.25) is 0 Å². The summed E-state index contributed by atoms with van der Waals surface area (Å²) in [6.07, 6.45) is 1.12. The molecule has 27 heavy (non-hydrogen) atoms. The van der Waals surface area contributed by atoms with Crippen LogP contribution in [0.2, 0.25) is 0 Å². The highest BCUT2D eigenvalue weighted by Crippen LogP contribution is 2.27. The van der Waals surface area contributed by atoms with E-state index in [9.17, 15) is 4.79 Å². The fraction of sp³-hybridized carbons (Fsp3) is 0.500. The molecular formula is C20H25BrN4O2. The van der Waals surface area contributed by atoms with Gasteiger partial charge in [0.1, 0.15) is 6.10 Å². The number of rotatable bonds is 4. The predicted octanol–water partition coefficient (Wildman–Crippen LogP) is 3.08. The molecule has 0 N–H and O–H groups in total. The lowest BCUT2D eigenvalue weighted by Crippen LogP contribution is -2.48. The second kappa shape index (κ2) is 8.12. The number of aromatic nitrogens is 2. The van der Waals surface area contributed by atoms with Gasteiger partial charge in [-0.1, -0.05) is 35.0 Å². The SMILES string of the molecule is CCCN1CCN(C(=O)c2cc3n(n2)C[C@@H](c2ccc(Br)cc2)OC3)CC1. The first-order chi connectivity index (χ1) is 13.1. The van der Waals surface area contributed by atoms with Gasteiger partial charge < -0.3 is 9.64 Å². The van der Waals surface area contributed by atoms with Crippen LogP contribution in [-0.2, 0) is 17.9 Å². The molecule has 0 unspecified atom stereocenters. The molecule has 6 nitrogen and oxygen atoms in total. The van der Waals surface area contributed by atoms with E-state index >= 15 is 0 Å². The first-order valence-corrected chi connectivity index (χ1v) is 10.4. The molecule has 0 bridgehead atoms. The number of amides is 1. The number of fused-ring (bicyclic) bond motifs is 1. The number of ether oxygens (including phenoxy) is 1. The molecule has 1 atom stereocenters. The van der Waals surface area contributed by atoms with Crippen molar-refractivity contribution in [3.8, 4) is 0 Å². The second-order valence-electron chi connectivity index (χ2n) is 7.19. The molecule has 2 aliphatic heterocycles. The topological polar surface area (TPSA) is 50.6 Å². The third-order valence-corrected chi connectivity index (χ3v) is 5.82. The molecule has 1 fully saturated rings. The van der Waals surface area contributed by atoms with Crippen LogP contribution in [0.1, 0.15) is 41.2 Å².